The number of ether oxygens (including phenoxy) is 1. The summed E-state index contributed by atoms with van der Waals surface area (Å²) in [6, 6.07) is 13.2. The molecule has 1 N–H and O–H groups in total. The van der Waals surface area contributed by atoms with Gasteiger partial charge in [0, 0.05) is 11.9 Å². The minimum atomic E-state index is -4.81. The Hall–Kier alpha value is -3.66. The van der Waals surface area contributed by atoms with Crippen molar-refractivity contribution >= 4 is 29.0 Å². The molecular weight excluding hydrogens is 464 g/mol. The summed E-state index contributed by atoms with van der Waals surface area (Å²) in [6.45, 7) is 0.164. The number of hydrazone groups is 1. The Morgan fingerprint density at radius 3 is 2.36 bits per heavy atom. The van der Waals surface area contributed by atoms with Crippen LogP contribution in [-0.4, -0.2) is 34.6 Å². The molecule has 0 saturated carbocycles. The fourth-order valence-electron chi connectivity index (χ4n) is 3.29. The Kier molecular flexibility index (Phi) is 6.19. The van der Waals surface area contributed by atoms with Crippen molar-refractivity contribution in [3.8, 4) is 5.75 Å². The maximum atomic E-state index is 13.4. The lowest BCUT2D eigenvalue weighted by Gasteiger charge is -2.16. The second-order valence-electron chi connectivity index (χ2n) is 7.04. The lowest BCUT2D eigenvalue weighted by atomic mass is 9.92. The van der Waals surface area contributed by atoms with Crippen molar-refractivity contribution in [3.05, 3.63) is 89.0 Å². The summed E-state index contributed by atoms with van der Waals surface area (Å²) < 4.78 is 54.1. The van der Waals surface area contributed by atoms with E-state index in [4.69, 9.17) is 11.6 Å². The molecule has 0 bridgehead atoms. The van der Waals surface area contributed by atoms with Gasteiger partial charge in [-0.3, -0.25) is 0 Å². The van der Waals surface area contributed by atoms with Gasteiger partial charge in [0.1, 0.15) is 16.7 Å². The van der Waals surface area contributed by atoms with Crippen molar-refractivity contribution in [3.63, 3.8) is 0 Å². The van der Waals surface area contributed by atoms with E-state index in [1.54, 1.807) is 30.5 Å². The number of nitrogens with one attached hydrogen (secondary N) is 1. The van der Waals surface area contributed by atoms with E-state index in [-0.39, 0.29) is 18.2 Å². The predicted octanol–water partition coefficient (Wildman–Crippen LogP) is 5.81. The van der Waals surface area contributed by atoms with Gasteiger partial charge in [0.05, 0.1) is 18.2 Å². The van der Waals surface area contributed by atoms with Crippen molar-refractivity contribution in [2.75, 3.05) is 11.9 Å². The van der Waals surface area contributed by atoms with Crippen LogP contribution in [0.15, 0.2) is 72.0 Å². The molecule has 0 saturated heterocycles. The minimum absolute atomic E-state index is 0.164. The first-order valence-corrected chi connectivity index (χ1v) is 9.96. The number of amides is 2. The molecule has 0 aliphatic carbocycles. The summed E-state index contributed by atoms with van der Waals surface area (Å²) in [4.78, 5) is 16.9. The van der Waals surface area contributed by atoms with E-state index in [1.165, 1.54) is 29.3 Å². The highest BCUT2D eigenvalue weighted by molar-refractivity contribution is 6.29. The van der Waals surface area contributed by atoms with Gasteiger partial charge in [-0.05, 0) is 53.6 Å². The van der Waals surface area contributed by atoms with Crippen molar-refractivity contribution < 1.29 is 27.1 Å². The normalized spacial score (nSPS) is 15.8. The highest BCUT2D eigenvalue weighted by Crippen LogP contribution is 2.30. The number of pyridine rings is 1. The summed E-state index contributed by atoms with van der Waals surface area (Å²) in [6.07, 6.45) is -3.23. The molecule has 33 heavy (non-hydrogen) atoms. The minimum Gasteiger partial charge on any atom is -0.406 e. The molecular formula is C22H15ClF4N4O2. The fourth-order valence-corrected chi connectivity index (χ4v) is 3.40. The standard InChI is InChI=1S/C22H15ClF4N4O2/c23-19-10-3-14(11-28-19)18-12-31(30-20(18)13-1-4-15(24)5-2-13)21(32)29-16-6-8-17(9-7-16)33-22(25,26)27/h1-11,18H,12H2,(H,29,32). The SMILES string of the molecule is O=C(Nc1ccc(OC(F)(F)F)cc1)N1CC(c2ccc(Cl)nc2)C(c2ccc(F)cc2)=N1. The van der Waals surface area contributed by atoms with E-state index in [0.29, 0.717) is 16.4 Å². The third kappa shape index (κ3) is 5.58. The molecule has 1 aliphatic heterocycles. The van der Waals surface area contributed by atoms with Crippen LogP contribution in [0.25, 0.3) is 0 Å². The molecule has 1 aromatic heterocycles. The quantitative estimate of drug-likeness (QED) is 0.380. The van der Waals surface area contributed by atoms with E-state index in [2.05, 4.69) is 20.1 Å². The molecule has 3 aromatic rings. The first kappa shape index (κ1) is 22.5. The number of aromatic nitrogens is 1. The zero-order valence-electron chi connectivity index (χ0n) is 16.7. The van der Waals surface area contributed by atoms with Crippen LogP contribution >= 0.6 is 11.6 Å². The number of alkyl halides is 3. The second-order valence-corrected chi connectivity index (χ2v) is 7.43. The average molecular weight is 479 g/mol. The van der Waals surface area contributed by atoms with Crippen molar-refractivity contribution in [1.29, 1.82) is 0 Å². The van der Waals surface area contributed by atoms with Crippen molar-refractivity contribution in [2.45, 2.75) is 12.3 Å². The van der Waals surface area contributed by atoms with Crippen LogP contribution < -0.4 is 10.1 Å². The van der Waals surface area contributed by atoms with Crippen LogP contribution in [0.5, 0.6) is 5.75 Å². The van der Waals surface area contributed by atoms with Gasteiger partial charge in [-0.15, -0.1) is 13.2 Å². The van der Waals surface area contributed by atoms with Crippen LogP contribution in [0.2, 0.25) is 5.15 Å². The molecule has 1 unspecified atom stereocenters. The lowest BCUT2D eigenvalue weighted by Crippen LogP contribution is -2.30. The van der Waals surface area contributed by atoms with Crippen LogP contribution in [0.1, 0.15) is 17.0 Å². The predicted molar refractivity (Wildman–Crippen MR) is 114 cm³/mol. The first-order valence-electron chi connectivity index (χ1n) is 9.58. The number of halogens is 5. The summed E-state index contributed by atoms with van der Waals surface area (Å²) in [5, 5.41) is 8.50. The number of hydrogen-bond acceptors (Lipinski definition) is 4. The number of hydrogen-bond donors (Lipinski definition) is 1. The van der Waals surface area contributed by atoms with E-state index < -0.39 is 24.0 Å². The van der Waals surface area contributed by atoms with E-state index >= 15 is 0 Å². The largest absolute Gasteiger partial charge is 0.573 e. The lowest BCUT2D eigenvalue weighted by molar-refractivity contribution is -0.274. The molecule has 11 heteroatoms. The van der Waals surface area contributed by atoms with Gasteiger partial charge in [-0.25, -0.2) is 19.2 Å². The molecule has 6 nitrogen and oxygen atoms in total. The summed E-state index contributed by atoms with van der Waals surface area (Å²) in [5.74, 6) is -1.17. The summed E-state index contributed by atoms with van der Waals surface area (Å²) in [7, 11) is 0. The highest BCUT2D eigenvalue weighted by atomic mass is 35.5. The number of rotatable bonds is 4. The topological polar surface area (TPSA) is 66.8 Å². The van der Waals surface area contributed by atoms with Gasteiger partial charge in [0.25, 0.3) is 0 Å². The molecule has 170 valence electrons. The molecule has 1 aliphatic rings. The Labute approximate surface area is 190 Å². The fraction of sp³-hybridized carbons (Fsp3) is 0.136. The van der Waals surface area contributed by atoms with Crippen LogP contribution in [-0.2, 0) is 0 Å². The number of carbonyl (C=O) groups is 1. The molecule has 4 rings (SSSR count). The Morgan fingerprint density at radius 2 is 1.76 bits per heavy atom. The maximum Gasteiger partial charge on any atom is 0.573 e. The second kappa shape index (κ2) is 9.07. The smallest absolute Gasteiger partial charge is 0.406 e. The van der Waals surface area contributed by atoms with E-state index in [9.17, 15) is 22.4 Å². The maximum absolute atomic E-state index is 13.4. The highest BCUT2D eigenvalue weighted by Gasteiger charge is 2.33. The summed E-state index contributed by atoms with van der Waals surface area (Å²) in [5.41, 5.74) is 2.17. The Balaban J connectivity index is 1.55. The van der Waals surface area contributed by atoms with Crippen LogP contribution in [0, 0.1) is 5.82 Å². The Bertz CT molecular complexity index is 1170. The van der Waals surface area contributed by atoms with Crippen molar-refractivity contribution in [2.24, 2.45) is 5.10 Å². The number of urea groups is 1. The number of carbonyl (C=O) groups excluding carboxylic acids is 1. The molecule has 2 amide bonds. The van der Waals surface area contributed by atoms with Crippen LogP contribution in [0.4, 0.5) is 28.0 Å². The van der Waals surface area contributed by atoms with E-state index in [1.807, 2.05) is 0 Å². The number of anilines is 1. The Morgan fingerprint density at radius 1 is 1.06 bits per heavy atom. The van der Waals surface area contributed by atoms with Gasteiger partial charge in [0.15, 0.2) is 0 Å². The van der Waals surface area contributed by atoms with Gasteiger partial charge < -0.3 is 10.1 Å². The van der Waals surface area contributed by atoms with Gasteiger partial charge in [-0.1, -0.05) is 29.8 Å². The van der Waals surface area contributed by atoms with Gasteiger partial charge in [0.2, 0.25) is 0 Å². The molecule has 0 fully saturated rings. The summed E-state index contributed by atoms with van der Waals surface area (Å²) >= 11 is 5.88. The van der Waals surface area contributed by atoms with Gasteiger partial charge >= 0.3 is 12.4 Å². The monoisotopic (exact) mass is 478 g/mol. The third-order valence-corrected chi connectivity index (χ3v) is 5.00. The number of nitrogens with zero attached hydrogens (tertiary/aromatic N) is 3. The molecule has 0 spiro atoms. The molecule has 0 radical (unpaired) electrons. The average Bonchev–Trinajstić information content (AvgIpc) is 3.21. The van der Waals surface area contributed by atoms with Gasteiger partial charge in [-0.2, -0.15) is 5.10 Å². The van der Waals surface area contributed by atoms with Crippen LogP contribution in [0.3, 0.4) is 0 Å². The van der Waals surface area contributed by atoms with Crippen molar-refractivity contribution in [1.82, 2.24) is 9.99 Å². The third-order valence-electron chi connectivity index (χ3n) is 4.78. The molecule has 1 atom stereocenters. The molecule has 2 heterocycles. The molecule has 2 aromatic carbocycles. The zero-order valence-corrected chi connectivity index (χ0v) is 17.4. The number of benzene rings is 2. The first-order chi connectivity index (χ1) is 15.7. The zero-order chi connectivity index (χ0) is 23.6. The van der Waals surface area contributed by atoms with E-state index in [0.717, 1.165) is 17.7 Å².